The molecule has 1 saturated carbocycles. The fourth-order valence-electron chi connectivity index (χ4n) is 3.97. The van der Waals surface area contributed by atoms with Gasteiger partial charge in [0.1, 0.15) is 6.10 Å². The van der Waals surface area contributed by atoms with E-state index in [0.717, 1.165) is 26.7 Å². The summed E-state index contributed by atoms with van der Waals surface area (Å²) in [6.07, 6.45) is 4.98. The molecule has 4 aliphatic rings. The molecule has 92 valence electrons. The van der Waals surface area contributed by atoms with Gasteiger partial charge in [-0.15, -0.1) is 0 Å². The third-order valence-electron chi connectivity index (χ3n) is 4.40. The van der Waals surface area contributed by atoms with Crippen molar-refractivity contribution in [3.05, 3.63) is 9.98 Å². The molecule has 1 aliphatic carbocycles. The fourth-order valence-corrected chi connectivity index (χ4v) is 5.02. The molecule has 5 rings (SSSR count). The summed E-state index contributed by atoms with van der Waals surface area (Å²) in [6.45, 7) is 3.82. The maximum absolute atomic E-state index is 6.16. The van der Waals surface area contributed by atoms with Crippen LogP contribution in [0.3, 0.4) is 0 Å². The first-order chi connectivity index (χ1) is 8.28. The van der Waals surface area contributed by atoms with Gasteiger partial charge in [-0.25, -0.2) is 4.98 Å². The van der Waals surface area contributed by atoms with Crippen LogP contribution in [0.15, 0.2) is 9.98 Å². The molecule has 0 radical (unpaired) electrons. The van der Waals surface area contributed by atoms with Crippen molar-refractivity contribution in [2.45, 2.75) is 18.9 Å². The molecule has 4 heterocycles. The van der Waals surface area contributed by atoms with Gasteiger partial charge in [0, 0.05) is 31.5 Å². The Hall–Kier alpha value is -0.130. The number of ether oxygens (including phenoxy) is 1. The highest BCUT2D eigenvalue weighted by Crippen LogP contribution is 2.45. The van der Waals surface area contributed by atoms with Crippen LogP contribution in [0.4, 0.5) is 0 Å². The SMILES string of the molecule is Brc1cnc(OC2C3CC4C[C@@H]2CN(C4)C3)s1. The molecule has 5 atom stereocenters. The summed E-state index contributed by atoms with van der Waals surface area (Å²) in [5.41, 5.74) is 0. The Bertz CT molecular complexity index is 408. The van der Waals surface area contributed by atoms with Crippen LogP contribution in [0.1, 0.15) is 12.8 Å². The zero-order valence-electron chi connectivity index (χ0n) is 9.51. The minimum Gasteiger partial charge on any atom is -0.466 e. The average Bonchev–Trinajstić information content (AvgIpc) is 2.68. The van der Waals surface area contributed by atoms with Gasteiger partial charge >= 0.3 is 0 Å². The van der Waals surface area contributed by atoms with E-state index in [4.69, 9.17) is 4.74 Å². The van der Waals surface area contributed by atoms with E-state index in [9.17, 15) is 0 Å². The van der Waals surface area contributed by atoms with E-state index in [0.29, 0.717) is 6.10 Å². The number of piperidine rings is 3. The maximum atomic E-state index is 6.16. The lowest BCUT2D eigenvalue weighted by Crippen LogP contribution is -2.61. The molecule has 4 fully saturated rings. The Morgan fingerprint density at radius 1 is 1.29 bits per heavy atom. The van der Waals surface area contributed by atoms with Crippen LogP contribution in [0, 0.1) is 17.8 Å². The molecule has 1 aromatic rings. The van der Waals surface area contributed by atoms with Gasteiger partial charge in [-0.05, 0) is 34.7 Å². The van der Waals surface area contributed by atoms with Gasteiger partial charge in [-0.3, -0.25) is 0 Å². The van der Waals surface area contributed by atoms with E-state index in [-0.39, 0.29) is 0 Å². The summed E-state index contributed by atoms with van der Waals surface area (Å²) in [6, 6.07) is 0. The van der Waals surface area contributed by atoms with Crippen molar-refractivity contribution in [2.24, 2.45) is 17.8 Å². The first-order valence-electron chi connectivity index (χ1n) is 6.28. The molecule has 0 spiro atoms. The standard InChI is InChI=1S/C12H15BrN2OS/c13-10-3-14-12(17-10)16-11-8-1-7-2-9(11)6-15(4-7)5-8/h3,7-9,11H,1-2,4-6H2/t7?,8-,9?,11?/m1/s1. The van der Waals surface area contributed by atoms with Crippen LogP contribution in [0.25, 0.3) is 0 Å². The third-order valence-corrected chi connectivity index (χ3v) is 5.76. The summed E-state index contributed by atoms with van der Waals surface area (Å²) in [7, 11) is 0. The summed E-state index contributed by atoms with van der Waals surface area (Å²) >= 11 is 5.04. The molecule has 0 amide bonds. The predicted octanol–water partition coefficient (Wildman–Crippen LogP) is 2.62. The molecule has 4 bridgehead atoms. The summed E-state index contributed by atoms with van der Waals surface area (Å²) < 4.78 is 7.22. The lowest BCUT2D eigenvalue weighted by Gasteiger charge is -2.55. The first-order valence-corrected chi connectivity index (χ1v) is 7.89. The van der Waals surface area contributed by atoms with Crippen molar-refractivity contribution in [2.75, 3.05) is 19.6 Å². The lowest BCUT2D eigenvalue weighted by molar-refractivity contribution is -0.0985. The van der Waals surface area contributed by atoms with Crippen LogP contribution < -0.4 is 4.74 Å². The zero-order chi connectivity index (χ0) is 11.4. The monoisotopic (exact) mass is 314 g/mol. The summed E-state index contributed by atoms with van der Waals surface area (Å²) in [4.78, 5) is 6.93. The number of rotatable bonds is 2. The molecule has 4 unspecified atom stereocenters. The molecule has 3 saturated heterocycles. The molecule has 3 nitrogen and oxygen atoms in total. The van der Waals surface area contributed by atoms with Gasteiger partial charge in [0.05, 0.1) is 9.98 Å². The number of nitrogens with zero attached hydrogens (tertiary/aromatic N) is 2. The topological polar surface area (TPSA) is 25.4 Å². The molecule has 1 aromatic heterocycles. The highest BCUT2D eigenvalue weighted by molar-refractivity contribution is 9.11. The Morgan fingerprint density at radius 3 is 2.65 bits per heavy atom. The van der Waals surface area contributed by atoms with Crippen molar-refractivity contribution in [3.63, 3.8) is 0 Å². The van der Waals surface area contributed by atoms with Crippen LogP contribution in [0.2, 0.25) is 0 Å². The number of aromatic nitrogens is 1. The Kier molecular flexibility index (Phi) is 2.49. The Balaban J connectivity index is 1.54. The second-order valence-electron chi connectivity index (χ2n) is 5.59. The van der Waals surface area contributed by atoms with Crippen LogP contribution in [0.5, 0.6) is 5.19 Å². The largest absolute Gasteiger partial charge is 0.466 e. The van der Waals surface area contributed by atoms with Crippen LogP contribution in [-0.4, -0.2) is 35.6 Å². The zero-order valence-corrected chi connectivity index (χ0v) is 11.9. The number of thiazole rings is 1. The van der Waals surface area contributed by atoms with E-state index in [1.165, 1.54) is 32.5 Å². The van der Waals surface area contributed by atoms with Gasteiger partial charge in [0.2, 0.25) is 0 Å². The number of hydrogen-bond acceptors (Lipinski definition) is 4. The maximum Gasteiger partial charge on any atom is 0.274 e. The third kappa shape index (κ3) is 1.83. The normalized spacial score (nSPS) is 43.0. The minimum absolute atomic E-state index is 0.417. The molecular weight excluding hydrogens is 300 g/mol. The van der Waals surface area contributed by atoms with Gasteiger partial charge in [-0.1, -0.05) is 11.3 Å². The van der Waals surface area contributed by atoms with E-state index in [1.54, 1.807) is 11.3 Å². The molecule has 3 aliphatic heterocycles. The highest BCUT2D eigenvalue weighted by atomic mass is 79.9. The number of hydrogen-bond donors (Lipinski definition) is 0. The molecule has 5 heteroatoms. The minimum atomic E-state index is 0.417. The van der Waals surface area contributed by atoms with Gasteiger partial charge in [-0.2, -0.15) is 0 Å². The van der Waals surface area contributed by atoms with Gasteiger partial charge in [0.15, 0.2) is 0 Å². The van der Waals surface area contributed by atoms with Crippen molar-refractivity contribution in [1.29, 1.82) is 0 Å². The molecule has 0 N–H and O–H groups in total. The van der Waals surface area contributed by atoms with Gasteiger partial charge < -0.3 is 9.64 Å². The fraction of sp³-hybridized carbons (Fsp3) is 0.750. The Labute approximate surface area is 113 Å². The quantitative estimate of drug-likeness (QED) is 0.839. The van der Waals surface area contributed by atoms with E-state index in [1.807, 2.05) is 6.20 Å². The van der Waals surface area contributed by atoms with Gasteiger partial charge in [0.25, 0.3) is 5.19 Å². The van der Waals surface area contributed by atoms with Crippen molar-refractivity contribution < 1.29 is 4.74 Å². The van der Waals surface area contributed by atoms with E-state index >= 15 is 0 Å². The van der Waals surface area contributed by atoms with Crippen LogP contribution in [-0.2, 0) is 0 Å². The molecule has 17 heavy (non-hydrogen) atoms. The first kappa shape index (κ1) is 10.8. The predicted molar refractivity (Wildman–Crippen MR) is 70.4 cm³/mol. The van der Waals surface area contributed by atoms with Crippen molar-refractivity contribution in [3.8, 4) is 5.19 Å². The highest BCUT2D eigenvalue weighted by Gasteiger charge is 2.48. The summed E-state index contributed by atoms with van der Waals surface area (Å²) in [5.74, 6) is 2.42. The second-order valence-corrected chi connectivity index (χ2v) is 7.96. The van der Waals surface area contributed by atoms with E-state index in [2.05, 4.69) is 25.8 Å². The summed E-state index contributed by atoms with van der Waals surface area (Å²) in [5, 5.41) is 0.837. The Morgan fingerprint density at radius 2 is 2.06 bits per heavy atom. The molecular formula is C12H15BrN2OS. The second kappa shape index (κ2) is 3.93. The molecule has 0 aromatic carbocycles. The van der Waals surface area contributed by atoms with Crippen molar-refractivity contribution in [1.82, 2.24) is 9.88 Å². The lowest BCUT2D eigenvalue weighted by atomic mass is 9.66. The van der Waals surface area contributed by atoms with E-state index < -0.39 is 0 Å². The smallest absolute Gasteiger partial charge is 0.274 e. The van der Waals surface area contributed by atoms with Crippen molar-refractivity contribution >= 4 is 27.3 Å². The van der Waals surface area contributed by atoms with Crippen LogP contribution >= 0.6 is 27.3 Å². The average molecular weight is 315 g/mol. The number of halogens is 1.